The van der Waals surface area contributed by atoms with Crippen LogP contribution in [0.5, 0.6) is 0 Å². The smallest absolute Gasteiger partial charge is 0.274 e. The fourth-order valence-corrected chi connectivity index (χ4v) is 3.08. The highest BCUT2D eigenvalue weighted by Gasteiger charge is 2.15. The fourth-order valence-electron chi connectivity index (χ4n) is 2.16. The van der Waals surface area contributed by atoms with Crippen molar-refractivity contribution in [2.24, 2.45) is 0 Å². The van der Waals surface area contributed by atoms with Gasteiger partial charge in [-0.3, -0.25) is 10.1 Å². The third-order valence-corrected chi connectivity index (χ3v) is 4.04. The van der Waals surface area contributed by atoms with Crippen molar-refractivity contribution in [1.29, 1.82) is 0 Å². The number of nitro groups is 1. The van der Waals surface area contributed by atoms with E-state index in [-0.39, 0.29) is 16.7 Å². The Hall–Kier alpha value is -1.95. The molecule has 0 aliphatic rings. The molecule has 0 spiro atoms. The maximum absolute atomic E-state index is 11.0. The molecule has 20 heavy (non-hydrogen) atoms. The Bertz CT molecular complexity index is 652. The van der Waals surface area contributed by atoms with E-state index < -0.39 is 0 Å². The highest BCUT2D eigenvalue weighted by atomic mass is 32.1. The summed E-state index contributed by atoms with van der Waals surface area (Å²) in [5.74, 6) is 0. The number of nitro benzene ring substituents is 1. The summed E-state index contributed by atoms with van der Waals surface area (Å²) in [4.78, 5) is 16.3. The van der Waals surface area contributed by atoms with E-state index >= 15 is 0 Å². The lowest BCUT2D eigenvalue weighted by atomic mass is 10.1. The van der Waals surface area contributed by atoms with Crippen LogP contribution in [0.2, 0.25) is 0 Å². The number of nitrogens with one attached hydrogen (secondary N) is 1. The van der Waals surface area contributed by atoms with E-state index in [2.05, 4.69) is 10.3 Å². The number of anilines is 1. The van der Waals surface area contributed by atoms with Crippen molar-refractivity contribution in [1.82, 2.24) is 4.98 Å². The summed E-state index contributed by atoms with van der Waals surface area (Å²) in [6, 6.07) is 5.20. The van der Waals surface area contributed by atoms with Gasteiger partial charge in [0.05, 0.1) is 21.7 Å². The summed E-state index contributed by atoms with van der Waals surface area (Å²) in [5, 5.41) is 15.3. The largest absolute Gasteiger partial charge is 0.377 e. The van der Waals surface area contributed by atoms with E-state index in [1.165, 1.54) is 4.88 Å². The van der Waals surface area contributed by atoms with Crippen LogP contribution in [0.15, 0.2) is 18.2 Å². The number of aryl methyl sites for hydroxylation is 3. The van der Waals surface area contributed by atoms with Crippen LogP contribution in [-0.2, 0) is 0 Å². The molecule has 0 bridgehead atoms. The average Bonchev–Trinajstić information content (AvgIpc) is 2.70. The lowest BCUT2D eigenvalue weighted by Gasteiger charge is -2.14. The Morgan fingerprint density at radius 2 is 2.05 bits per heavy atom. The van der Waals surface area contributed by atoms with Crippen molar-refractivity contribution < 1.29 is 4.92 Å². The van der Waals surface area contributed by atoms with Crippen molar-refractivity contribution in [3.05, 3.63) is 49.5 Å². The summed E-state index contributed by atoms with van der Waals surface area (Å²) >= 11 is 1.66. The van der Waals surface area contributed by atoms with Gasteiger partial charge in [0.2, 0.25) is 0 Å². The van der Waals surface area contributed by atoms with Crippen LogP contribution < -0.4 is 5.32 Å². The molecule has 2 aromatic rings. The van der Waals surface area contributed by atoms with Gasteiger partial charge in [-0.15, -0.1) is 11.3 Å². The van der Waals surface area contributed by atoms with Gasteiger partial charge in [0, 0.05) is 22.2 Å². The van der Waals surface area contributed by atoms with Gasteiger partial charge in [-0.25, -0.2) is 4.98 Å². The predicted molar refractivity (Wildman–Crippen MR) is 81.5 cm³/mol. The maximum atomic E-state index is 11.0. The number of nitrogens with zero attached hydrogens (tertiary/aromatic N) is 2. The quantitative estimate of drug-likeness (QED) is 0.678. The first-order chi connectivity index (χ1) is 9.38. The second-order valence-electron chi connectivity index (χ2n) is 4.80. The molecule has 1 heterocycles. The van der Waals surface area contributed by atoms with Crippen LogP contribution in [0.1, 0.15) is 34.1 Å². The minimum absolute atomic E-state index is 0.0160. The zero-order valence-corrected chi connectivity index (χ0v) is 12.7. The molecule has 6 heteroatoms. The number of hydrogen-bond acceptors (Lipinski definition) is 5. The third kappa shape index (κ3) is 2.96. The Balaban J connectivity index is 2.24. The molecule has 0 aliphatic heterocycles. The first-order valence-electron chi connectivity index (χ1n) is 6.34. The van der Waals surface area contributed by atoms with E-state index in [9.17, 15) is 10.1 Å². The lowest BCUT2D eigenvalue weighted by molar-refractivity contribution is -0.385. The number of thiazole rings is 1. The zero-order valence-electron chi connectivity index (χ0n) is 11.9. The zero-order chi connectivity index (χ0) is 14.9. The molecule has 0 aliphatic carbocycles. The number of rotatable bonds is 4. The van der Waals surface area contributed by atoms with Gasteiger partial charge in [0.1, 0.15) is 0 Å². The van der Waals surface area contributed by atoms with Gasteiger partial charge in [-0.1, -0.05) is 6.07 Å². The molecular formula is C14H17N3O2S. The minimum atomic E-state index is -0.358. The predicted octanol–water partition coefficient (Wildman–Crippen LogP) is 4.15. The van der Waals surface area contributed by atoms with Crippen LogP contribution in [0.25, 0.3) is 0 Å². The lowest BCUT2D eigenvalue weighted by Crippen LogP contribution is -2.08. The Morgan fingerprint density at radius 1 is 1.35 bits per heavy atom. The molecule has 0 amide bonds. The minimum Gasteiger partial charge on any atom is -0.377 e. The first kappa shape index (κ1) is 14.5. The molecule has 106 valence electrons. The van der Waals surface area contributed by atoms with Gasteiger partial charge in [0.25, 0.3) is 5.69 Å². The van der Waals surface area contributed by atoms with Gasteiger partial charge in [-0.05, 0) is 33.8 Å². The van der Waals surface area contributed by atoms with Crippen molar-refractivity contribution in [2.75, 3.05) is 5.32 Å². The molecule has 1 aromatic heterocycles. The van der Waals surface area contributed by atoms with Gasteiger partial charge in [-0.2, -0.15) is 0 Å². The second kappa shape index (κ2) is 5.58. The van der Waals surface area contributed by atoms with Crippen LogP contribution in [0.3, 0.4) is 0 Å². The van der Waals surface area contributed by atoms with Crippen molar-refractivity contribution >= 4 is 22.7 Å². The van der Waals surface area contributed by atoms with Crippen molar-refractivity contribution in [2.45, 2.75) is 33.7 Å². The summed E-state index contributed by atoms with van der Waals surface area (Å²) < 4.78 is 0. The normalized spacial score (nSPS) is 12.2. The molecule has 1 aromatic carbocycles. The van der Waals surface area contributed by atoms with Crippen molar-refractivity contribution in [3.63, 3.8) is 0 Å². The number of hydrogen-bond donors (Lipinski definition) is 1. The summed E-state index contributed by atoms with van der Waals surface area (Å²) in [7, 11) is 0. The topological polar surface area (TPSA) is 68.1 Å². The van der Waals surface area contributed by atoms with E-state index in [4.69, 9.17) is 0 Å². The third-order valence-electron chi connectivity index (χ3n) is 3.14. The van der Waals surface area contributed by atoms with E-state index in [0.717, 1.165) is 16.4 Å². The van der Waals surface area contributed by atoms with Gasteiger partial charge >= 0.3 is 0 Å². The highest BCUT2D eigenvalue weighted by Crippen LogP contribution is 2.28. The molecule has 1 unspecified atom stereocenters. The van der Waals surface area contributed by atoms with Crippen molar-refractivity contribution in [3.8, 4) is 0 Å². The fraction of sp³-hybridized carbons (Fsp3) is 0.357. The molecule has 0 saturated heterocycles. The van der Waals surface area contributed by atoms with Crippen LogP contribution in [-0.4, -0.2) is 9.91 Å². The second-order valence-corrected chi connectivity index (χ2v) is 6.21. The Labute approximate surface area is 121 Å². The Kier molecular flexibility index (Phi) is 4.04. The monoisotopic (exact) mass is 291 g/mol. The first-order valence-corrected chi connectivity index (χ1v) is 7.15. The molecule has 2 rings (SSSR count). The number of benzene rings is 1. The number of aromatic nitrogens is 1. The molecular weight excluding hydrogens is 274 g/mol. The Morgan fingerprint density at radius 3 is 2.60 bits per heavy atom. The van der Waals surface area contributed by atoms with E-state index in [1.807, 2.05) is 26.8 Å². The summed E-state index contributed by atoms with van der Waals surface area (Å²) in [6.07, 6.45) is 0. The van der Waals surface area contributed by atoms with E-state index in [0.29, 0.717) is 5.56 Å². The maximum Gasteiger partial charge on any atom is 0.274 e. The molecule has 0 radical (unpaired) electrons. The van der Waals surface area contributed by atoms with E-state index in [1.54, 1.807) is 30.4 Å². The van der Waals surface area contributed by atoms with Crippen LogP contribution in [0, 0.1) is 30.9 Å². The molecule has 1 atom stereocenters. The SMILES string of the molecule is Cc1nc(C(C)Nc2ccc(C)c([N+](=O)[O-])c2)c(C)s1. The summed E-state index contributed by atoms with van der Waals surface area (Å²) in [5.41, 5.74) is 2.53. The summed E-state index contributed by atoms with van der Waals surface area (Å²) in [6.45, 7) is 7.76. The average molecular weight is 291 g/mol. The van der Waals surface area contributed by atoms with Gasteiger partial charge in [0.15, 0.2) is 0 Å². The molecule has 0 saturated carbocycles. The molecule has 0 fully saturated rings. The highest BCUT2D eigenvalue weighted by molar-refractivity contribution is 7.11. The van der Waals surface area contributed by atoms with Crippen LogP contribution >= 0.6 is 11.3 Å². The van der Waals surface area contributed by atoms with Gasteiger partial charge < -0.3 is 5.32 Å². The molecule has 1 N–H and O–H groups in total. The molecule has 5 nitrogen and oxygen atoms in total. The van der Waals surface area contributed by atoms with Crippen LogP contribution in [0.4, 0.5) is 11.4 Å². The standard InChI is InChI=1S/C14H17N3O2S/c1-8-5-6-12(7-13(8)17(18)19)15-9(2)14-10(3)20-11(4)16-14/h5-7,9,15H,1-4H3.